The quantitative estimate of drug-likeness (QED) is 0.245. The normalized spacial score (nSPS) is 19.4. The van der Waals surface area contributed by atoms with Crippen LogP contribution in [-0.2, 0) is 22.4 Å². The van der Waals surface area contributed by atoms with Crippen LogP contribution >= 0.6 is 0 Å². The Kier molecular flexibility index (Phi) is 9.06. The number of rotatable bonds is 11. The minimum atomic E-state index is -0.448. The van der Waals surface area contributed by atoms with Crippen molar-refractivity contribution in [3.05, 3.63) is 107 Å². The van der Waals surface area contributed by atoms with Gasteiger partial charge in [0.15, 0.2) is 23.1 Å². The standard InChI is InChI=1S/C39H47NO4/c1-8-14-27-20-28(21-33(43-10-3)37(27)44-19-9-2)34-35-29(22-38(4,5)24-31(35)41)40(18-17-26-15-12-11-13-16-26)30-23-39(6,7)25-32(42)36(30)34/h8-9,11-13,15-16,20-21,34H,1-2,10,14,17-19,22-25H2,3-7H3. The van der Waals surface area contributed by atoms with Crippen molar-refractivity contribution in [2.45, 2.75) is 79.1 Å². The molecule has 0 radical (unpaired) electrons. The molecule has 0 spiro atoms. The van der Waals surface area contributed by atoms with E-state index in [2.05, 4.69) is 76.1 Å². The van der Waals surface area contributed by atoms with Gasteiger partial charge in [-0.05, 0) is 60.6 Å². The Bertz CT molecular complexity index is 1470. The van der Waals surface area contributed by atoms with Crippen molar-refractivity contribution in [3.8, 4) is 11.5 Å². The fourth-order valence-electron chi connectivity index (χ4n) is 7.26. The van der Waals surface area contributed by atoms with Gasteiger partial charge in [0, 0.05) is 53.4 Å². The minimum absolute atomic E-state index is 0.130. The molecule has 0 amide bonds. The third-order valence-corrected chi connectivity index (χ3v) is 8.99. The molecule has 3 aliphatic rings. The molecule has 0 aromatic heterocycles. The average Bonchev–Trinajstić information content (AvgIpc) is 2.95. The lowest BCUT2D eigenvalue weighted by Crippen LogP contribution is -2.45. The summed E-state index contributed by atoms with van der Waals surface area (Å²) in [6.07, 6.45) is 7.42. The molecule has 5 nitrogen and oxygen atoms in total. The average molecular weight is 594 g/mol. The van der Waals surface area contributed by atoms with Crippen molar-refractivity contribution in [3.63, 3.8) is 0 Å². The highest BCUT2D eigenvalue weighted by Gasteiger charge is 2.49. The Balaban J connectivity index is 1.75. The summed E-state index contributed by atoms with van der Waals surface area (Å²) >= 11 is 0. The Morgan fingerprint density at radius 3 is 2.02 bits per heavy atom. The van der Waals surface area contributed by atoms with Crippen LogP contribution in [0.5, 0.6) is 11.5 Å². The molecule has 1 heterocycles. The molecule has 0 unspecified atom stereocenters. The summed E-state index contributed by atoms with van der Waals surface area (Å²) in [6, 6.07) is 14.6. The highest BCUT2D eigenvalue weighted by Crippen LogP contribution is 2.55. The number of Topliss-reactive ketones (excluding diaryl/α,β-unsaturated/α-hetero) is 2. The smallest absolute Gasteiger partial charge is 0.165 e. The van der Waals surface area contributed by atoms with Gasteiger partial charge in [-0.2, -0.15) is 0 Å². The zero-order valence-electron chi connectivity index (χ0n) is 27.1. The molecule has 2 aromatic carbocycles. The summed E-state index contributed by atoms with van der Waals surface area (Å²) in [4.78, 5) is 30.9. The third kappa shape index (κ3) is 6.33. The van der Waals surface area contributed by atoms with Crippen LogP contribution in [-0.4, -0.2) is 36.2 Å². The first kappa shape index (κ1) is 31.6. The zero-order valence-corrected chi connectivity index (χ0v) is 27.1. The Morgan fingerprint density at radius 1 is 0.864 bits per heavy atom. The maximum atomic E-state index is 14.3. The molecule has 2 aliphatic carbocycles. The number of carbonyl (C=O) groups excluding carboxylic acids is 2. The molecule has 232 valence electrons. The van der Waals surface area contributed by atoms with Gasteiger partial charge in [-0.15, -0.1) is 6.58 Å². The highest BCUT2D eigenvalue weighted by molar-refractivity contribution is 6.06. The largest absolute Gasteiger partial charge is 0.490 e. The summed E-state index contributed by atoms with van der Waals surface area (Å²) in [5, 5.41) is 0. The molecule has 5 heteroatoms. The van der Waals surface area contributed by atoms with E-state index in [1.54, 1.807) is 6.08 Å². The fourth-order valence-corrected chi connectivity index (χ4v) is 7.26. The van der Waals surface area contributed by atoms with Gasteiger partial charge in [0.05, 0.1) is 6.61 Å². The van der Waals surface area contributed by atoms with Gasteiger partial charge in [0.25, 0.3) is 0 Å². The van der Waals surface area contributed by atoms with Gasteiger partial charge < -0.3 is 14.4 Å². The van der Waals surface area contributed by atoms with Gasteiger partial charge >= 0.3 is 0 Å². The molecule has 0 N–H and O–H groups in total. The van der Waals surface area contributed by atoms with E-state index in [0.29, 0.717) is 44.0 Å². The monoisotopic (exact) mass is 593 g/mol. The minimum Gasteiger partial charge on any atom is -0.490 e. The van der Waals surface area contributed by atoms with E-state index in [4.69, 9.17) is 9.47 Å². The highest BCUT2D eigenvalue weighted by atomic mass is 16.5. The summed E-state index contributed by atoms with van der Waals surface area (Å²) in [7, 11) is 0. The number of ether oxygens (including phenoxy) is 2. The predicted molar refractivity (Wildman–Crippen MR) is 177 cm³/mol. The first-order valence-corrected chi connectivity index (χ1v) is 16.0. The number of benzene rings is 2. The van der Waals surface area contributed by atoms with Crippen LogP contribution < -0.4 is 9.47 Å². The Labute approximate surface area is 263 Å². The van der Waals surface area contributed by atoms with Crippen molar-refractivity contribution < 1.29 is 19.1 Å². The molecule has 5 rings (SSSR count). The van der Waals surface area contributed by atoms with Crippen LogP contribution in [0.15, 0.2) is 90.3 Å². The number of carbonyl (C=O) groups is 2. The van der Waals surface area contributed by atoms with Crippen molar-refractivity contribution in [1.82, 2.24) is 4.90 Å². The topological polar surface area (TPSA) is 55.8 Å². The molecule has 44 heavy (non-hydrogen) atoms. The Hall–Kier alpha value is -3.86. The maximum absolute atomic E-state index is 14.3. The first-order valence-electron chi connectivity index (χ1n) is 16.0. The molecule has 2 aromatic rings. The summed E-state index contributed by atoms with van der Waals surface area (Å²) in [5.74, 6) is 1.09. The van der Waals surface area contributed by atoms with E-state index in [1.807, 2.05) is 25.1 Å². The van der Waals surface area contributed by atoms with Gasteiger partial charge in [-0.3, -0.25) is 9.59 Å². The third-order valence-electron chi connectivity index (χ3n) is 8.99. The lowest BCUT2D eigenvalue weighted by atomic mass is 9.63. The van der Waals surface area contributed by atoms with E-state index in [-0.39, 0.29) is 22.4 Å². The number of nitrogens with zero attached hydrogens (tertiary/aromatic N) is 1. The van der Waals surface area contributed by atoms with E-state index < -0.39 is 5.92 Å². The Morgan fingerprint density at radius 2 is 1.48 bits per heavy atom. The van der Waals surface area contributed by atoms with E-state index in [0.717, 1.165) is 59.5 Å². The number of hydrogen-bond acceptors (Lipinski definition) is 5. The van der Waals surface area contributed by atoms with E-state index in [9.17, 15) is 9.59 Å². The van der Waals surface area contributed by atoms with Crippen LogP contribution in [0.2, 0.25) is 0 Å². The number of allylic oxidation sites excluding steroid dienone is 5. The van der Waals surface area contributed by atoms with Crippen molar-refractivity contribution >= 4 is 11.6 Å². The zero-order chi connectivity index (χ0) is 31.6. The molecular formula is C39H47NO4. The molecule has 0 fully saturated rings. The first-order chi connectivity index (χ1) is 21.0. The molecular weight excluding hydrogens is 546 g/mol. The van der Waals surface area contributed by atoms with E-state index in [1.165, 1.54) is 5.56 Å². The fraction of sp³-hybridized carbons (Fsp3) is 0.436. The van der Waals surface area contributed by atoms with Crippen LogP contribution in [0.4, 0.5) is 0 Å². The maximum Gasteiger partial charge on any atom is 0.165 e. The van der Waals surface area contributed by atoms with Crippen molar-refractivity contribution in [2.75, 3.05) is 19.8 Å². The van der Waals surface area contributed by atoms with E-state index >= 15 is 0 Å². The second kappa shape index (κ2) is 12.6. The second-order valence-electron chi connectivity index (χ2n) is 14.0. The van der Waals surface area contributed by atoms with Crippen molar-refractivity contribution in [1.29, 1.82) is 0 Å². The van der Waals surface area contributed by atoms with Gasteiger partial charge in [0.2, 0.25) is 0 Å². The molecule has 0 bridgehead atoms. The lowest BCUT2D eigenvalue weighted by Gasteiger charge is -2.49. The molecule has 0 saturated heterocycles. The summed E-state index contributed by atoms with van der Waals surface area (Å²) in [6.45, 7) is 20.0. The lowest BCUT2D eigenvalue weighted by molar-refractivity contribution is -0.119. The van der Waals surface area contributed by atoms with Gasteiger partial charge in [-0.1, -0.05) is 82.8 Å². The summed E-state index contributed by atoms with van der Waals surface area (Å²) < 4.78 is 12.3. The van der Waals surface area contributed by atoms with Crippen LogP contribution in [0.1, 0.15) is 82.9 Å². The molecule has 0 saturated carbocycles. The molecule has 1 aliphatic heterocycles. The number of hydrogen-bond donors (Lipinski definition) is 0. The molecule has 0 atom stereocenters. The van der Waals surface area contributed by atoms with Crippen molar-refractivity contribution in [2.24, 2.45) is 10.8 Å². The SMILES string of the molecule is C=CCOc1c(CC=C)cc(C2C3=C(CC(C)(C)CC3=O)N(CCc3ccccc3)C3=C2C(=O)CC(C)(C)C3)cc1OCC. The van der Waals surface area contributed by atoms with Gasteiger partial charge in [0.1, 0.15) is 6.61 Å². The van der Waals surface area contributed by atoms with Gasteiger partial charge in [-0.25, -0.2) is 0 Å². The van der Waals surface area contributed by atoms with Crippen LogP contribution in [0.25, 0.3) is 0 Å². The van der Waals surface area contributed by atoms with Crippen LogP contribution in [0, 0.1) is 10.8 Å². The predicted octanol–water partition coefficient (Wildman–Crippen LogP) is 8.31. The second-order valence-corrected chi connectivity index (χ2v) is 14.0. The number of ketones is 2. The summed E-state index contributed by atoms with van der Waals surface area (Å²) in [5.41, 5.74) is 6.41. The van der Waals surface area contributed by atoms with Crippen LogP contribution in [0.3, 0.4) is 0 Å².